The Bertz CT molecular complexity index is 505. The first-order chi connectivity index (χ1) is 10.5. The Morgan fingerprint density at radius 3 is 2.59 bits per heavy atom. The Hall–Kier alpha value is -2.15. The second-order valence-electron chi connectivity index (χ2n) is 5.06. The topological polar surface area (TPSA) is 109 Å². The van der Waals surface area contributed by atoms with Gasteiger partial charge in [0.1, 0.15) is 5.82 Å². The third kappa shape index (κ3) is 7.03. The smallest absolute Gasteiger partial charge is 0.239 e. The van der Waals surface area contributed by atoms with Crippen molar-refractivity contribution in [2.24, 2.45) is 0 Å². The summed E-state index contributed by atoms with van der Waals surface area (Å²) in [6.07, 6.45) is 2.11. The summed E-state index contributed by atoms with van der Waals surface area (Å²) in [4.78, 5) is 27.3. The van der Waals surface area contributed by atoms with Gasteiger partial charge >= 0.3 is 0 Å². The second-order valence-corrected chi connectivity index (χ2v) is 5.06. The highest BCUT2D eigenvalue weighted by molar-refractivity contribution is 5.85. The maximum absolute atomic E-state index is 11.7. The molecule has 0 aliphatic rings. The molecule has 1 rings (SSSR count). The number of aromatic nitrogens is 1. The summed E-state index contributed by atoms with van der Waals surface area (Å²) in [6.45, 7) is 5.29. The van der Waals surface area contributed by atoms with E-state index in [2.05, 4.69) is 27.9 Å². The molecule has 7 heteroatoms. The third-order valence-electron chi connectivity index (χ3n) is 3.13. The molecule has 0 fully saturated rings. The van der Waals surface area contributed by atoms with Gasteiger partial charge in [0.05, 0.1) is 13.1 Å². The molecule has 122 valence electrons. The fourth-order valence-electron chi connectivity index (χ4n) is 1.80. The number of carbonyl (C=O) groups excluding carboxylic acids is 2. The highest BCUT2D eigenvalue weighted by atomic mass is 16.2. The van der Waals surface area contributed by atoms with Crippen LogP contribution in [0.25, 0.3) is 0 Å². The van der Waals surface area contributed by atoms with Crippen LogP contribution < -0.4 is 21.7 Å². The highest BCUT2D eigenvalue weighted by Crippen LogP contribution is 2.07. The molecule has 0 aliphatic heterocycles. The minimum absolute atomic E-state index is 0.0320. The van der Waals surface area contributed by atoms with Gasteiger partial charge < -0.3 is 21.7 Å². The lowest BCUT2D eigenvalue weighted by Gasteiger charge is -2.09. The summed E-state index contributed by atoms with van der Waals surface area (Å²) in [5, 5.41) is 8.32. The first kappa shape index (κ1) is 17.9. The number of nitrogen functional groups attached to an aromatic ring is 1. The summed E-state index contributed by atoms with van der Waals surface area (Å²) in [5.74, 6) is 0.0325. The van der Waals surface area contributed by atoms with Crippen molar-refractivity contribution in [3.8, 4) is 0 Å². The number of rotatable bonds is 9. The highest BCUT2D eigenvalue weighted by Gasteiger charge is 2.06. The zero-order valence-electron chi connectivity index (χ0n) is 13.2. The van der Waals surface area contributed by atoms with E-state index in [1.54, 1.807) is 6.07 Å². The number of nitrogens with zero attached hydrogens (tertiary/aromatic N) is 1. The monoisotopic (exact) mass is 307 g/mol. The molecule has 0 bridgehead atoms. The number of hydrogen-bond donors (Lipinski definition) is 4. The van der Waals surface area contributed by atoms with Crippen molar-refractivity contribution in [2.75, 3.05) is 25.4 Å². The van der Waals surface area contributed by atoms with Crippen LogP contribution in [0.1, 0.15) is 31.0 Å². The molecular weight excluding hydrogens is 282 g/mol. The van der Waals surface area contributed by atoms with Crippen molar-refractivity contribution in [3.05, 3.63) is 23.4 Å². The molecule has 1 aromatic rings. The SMILES string of the molecule is CCCCNCC(=O)NCC(=O)NCc1ccc(N)nc1C. The van der Waals surface area contributed by atoms with E-state index >= 15 is 0 Å². The fourth-order valence-corrected chi connectivity index (χ4v) is 1.80. The third-order valence-corrected chi connectivity index (χ3v) is 3.13. The van der Waals surface area contributed by atoms with Crippen LogP contribution in [-0.4, -0.2) is 36.4 Å². The minimum Gasteiger partial charge on any atom is -0.384 e. The molecule has 2 amide bonds. The fraction of sp³-hybridized carbons (Fsp3) is 0.533. The molecule has 0 saturated heterocycles. The van der Waals surface area contributed by atoms with E-state index in [9.17, 15) is 9.59 Å². The van der Waals surface area contributed by atoms with Crippen LogP contribution in [0.2, 0.25) is 0 Å². The quantitative estimate of drug-likeness (QED) is 0.484. The summed E-state index contributed by atoms with van der Waals surface area (Å²) in [7, 11) is 0. The first-order valence-corrected chi connectivity index (χ1v) is 7.49. The molecule has 0 radical (unpaired) electrons. The van der Waals surface area contributed by atoms with Crippen LogP contribution in [0.5, 0.6) is 0 Å². The predicted octanol–water partition coefficient (Wildman–Crippen LogP) is 0.0943. The van der Waals surface area contributed by atoms with E-state index in [0.717, 1.165) is 30.6 Å². The number of pyridine rings is 1. The van der Waals surface area contributed by atoms with Crippen LogP contribution in [0, 0.1) is 6.92 Å². The molecule has 0 unspecified atom stereocenters. The summed E-state index contributed by atoms with van der Waals surface area (Å²) in [5.41, 5.74) is 7.25. The van der Waals surface area contributed by atoms with Gasteiger partial charge in [0.2, 0.25) is 11.8 Å². The van der Waals surface area contributed by atoms with Gasteiger partial charge in [-0.3, -0.25) is 9.59 Å². The second kappa shape index (κ2) is 9.73. The average molecular weight is 307 g/mol. The van der Waals surface area contributed by atoms with Gasteiger partial charge in [0.25, 0.3) is 0 Å². The maximum Gasteiger partial charge on any atom is 0.239 e. The van der Waals surface area contributed by atoms with E-state index in [0.29, 0.717) is 12.4 Å². The van der Waals surface area contributed by atoms with Crippen molar-refractivity contribution in [1.82, 2.24) is 20.9 Å². The lowest BCUT2D eigenvalue weighted by molar-refractivity contribution is -0.125. The first-order valence-electron chi connectivity index (χ1n) is 7.49. The van der Waals surface area contributed by atoms with Crippen molar-refractivity contribution < 1.29 is 9.59 Å². The van der Waals surface area contributed by atoms with E-state index in [-0.39, 0.29) is 24.9 Å². The molecule has 22 heavy (non-hydrogen) atoms. The van der Waals surface area contributed by atoms with Crippen LogP contribution >= 0.6 is 0 Å². The van der Waals surface area contributed by atoms with E-state index in [4.69, 9.17) is 5.73 Å². The Labute approximate surface area is 131 Å². The summed E-state index contributed by atoms with van der Waals surface area (Å²) >= 11 is 0. The van der Waals surface area contributed by atoms with Gasteiger partial charge in [0, 0.05) is 12.2 Å². The van der Waals surface area contributed by atoms with Crippen molar-refractivity contribution in [1.29, 1.82) is 0 Å². The van der Waals surface area contributed by atoms with Crippen LogP contribution in [0.3, 0.4) is 0 Å². The number of amides is 2. The average Bonchev–Trinajstić information content (AvgIpc) is 2.48. The largest absolute Gasteiger partial charge is 0.384 e. The number of carbonyl (C=O) groups is 2. The standard InChI is InChI=1S/C15H25N5O2/c1-3-4-7-17-9-14(21)19-10-15(22)18-8-12-5-6-13(16)20-11(12)2/h5-6,17H,3-4,7-10H2,1-2H3,(H2,16,20)(H,18,22)(H,19,21). The lowest BCUT2D eigenvalue weighted by atomic mass is 10.2. The van der Waals surface area contributed by atoms with Crippen LogP contribution in [0.15, 0.2) is 12.1 Å². The molecule has 0 spiro atoms. The minimum atomic E-state index is -0.238. The molecule has 0 aromatic carbocycles. The molecule has 7 nitrogen and oxygen atoms in total. The van der Waals surface area contributed by atoms with Gasteiger partial charge in [-0.25, -0.2) is 4.98 Å². The van der Waals surface area contributed by atoms with E-state index in [1.165, 1.54) is 0 Å². The number of anilines is 1. The molecule has 1 heterocycles. The van der Waals surface area contributed by atoms with Crippen LogP contribution in [-0.2, 0) is 16.1 Å². The van der Waals surface area contributed by atoms with Gasteiger partial charge in [-0.05, 0) is 31.5 Å². The zero-order chi connectivity index (χ0) is 16.4. The van der Waals surface area contributed by atoms with E-state index in [1.807, 2.05) is 13.0 Å². The number of aryl methyl sites for hydroxylation is 1. The Morgan fingerprint density at radius 2 is 1.91 bits per heavy atom. The predicted molar refractivity (Wildman–Crippen MR) is 86.0 cm³/mol. The normalized spacial score (nSPS) is 10.3. The van der Waals surface area contributed by atoms with E-state index < -0.39 is 0 Å². The number of hydrogen-bond acceptors (Lipinski definition) is 5. The van der Waals surface area contributed by atoms with Crippen LogP contribution in [0.4, 0.5) is 5.82 Å². The zero-order valence-corrected chi connectivity index (χ0v) is 13.2. The van der Waals surface area contributed by atoms with Crippen molar-refractivity contribution in [3.63, 3.8) is 0 Å². The summed E-state index contributed by atoms with van der Waals surface area (Å²) in [6, 6.07) is 3.52. The lowest BCUT2D eigenvalue weighted by Crippen LogP contribution is -2.40. The van der Waals surface area contributed by atoms with Crippen molar-refractivity contribution in [2.45, 2.75) is 33.2 Å². The van der Waals surface area contributed by atoms with Gasteiger partial charge in [-0.15, -0.1) is 0 Å². The molecule has 5 N–H and O–H groups in total. The maximum atomic E-state index is 11.7. The summed E-state index contributed by atoms with van der Waals surface area (Å²) < 4.78 is 0. The number of nitrogens with two attached hydrogens (primary N) is 1. The molecule has 0 saturated carbocycles. The Morgan fingerprint density at radius 1 is 1.18 bits per heavy atom. The Balaban J connectivity index is 2.22. The molecule has 1 aromatic heterocycles. The molecular formula is C15H25N5O2. The molecule has 0 atom stereocenters. The van der Waals surface area contributed by atoms with Gasteiger partial charge in [-0.1, -0.05) is 19.4 Å². The number of nitrogens with one attached hydrogen (secondary N) is 3. The van der Waals surface area contributed by atoms with Gasteiger partial charge in [0.15, 0.2) is 0 Å². The van der Waals surface area contributed by atoms with Crippen molar-refractivity contribution >= 4 is 17.6 Å². The number of unbranched alkanes of at least 4 members (excludes halogenated alkanes) is 1. The Kier molecular flexibility index (Phi) is 7.91. The molecule has 0 aliphatic carbocycles. The van der Waals surface area contributed by atoms with Gasteiger partial charge in [-0.2, -0.15) is 0 Å².